The molecule has 2 aromatic rings. The van der Waals surface area contributed by atoms with Crippen LogP contribution in [0.3, 0.4) is 0 Å². The van der Waals surface area contributed by atoms with Crippen LogP contribution in [0.4, 0.5) is 0 Å². The summed E-state index contributed by atoms with van der Waals surface area (Å²) in [6.07, 6.45) is 5.32. The third kappa shape index (κ3) is 4.05. The molecule has 0 spiro atoms. The van der Waals surface area contributed by atoms with Crippen molar-refractivity contribution < 1.29 is 9.53 Å². The van der Waals surface area contributed by atoms with Crippen molar-refractivity contribution in [1.29, 1.82) is 0 Å². The van der Waals surface area contributed by atoms with Gasteiger partial charge >= 0.3 is 0 Å². The van der Waals surface area contributed by atoms with E-state index in [1.54, 1.807) is 0 Å². The van der Waals surface area contributed by atoms with Crippen molar-refractivity contribution >= 4 is 16.8 Å². The van der Waals surface area contributed by atoms with Crippen LogP contribution < -0.4 is 5.32 Å². The third-order valence-corrected chi connectivity index (χ3v) is 6.61. The summed E-state index contributed by atoms with van der Waals surface area (Å²) in [5.74, 6) is -0.0470. The lowest BCUT2D eigenvalue weighted by Gasteiger charge is -2.48. The Labute approximate surface area is 173 Å². The molecule has 2 fully saturated rings. The fourth-order valence-corrected chi connectivity index (χ4v) is 4.83. The Bertz CT molecular complexity index is 835. The van der Waals surface area contributed by atoms with E-state index in [1.807, 2.05) is 22.9 Å². The van der Waals surface area contributed by atoms with E-state index in [-0.39, 0.29) is 18.0 Å². The predicted octanol–water partition coefficient (Wildman–Crippen LogP) is 3.77. The molecule has 6 nitrogen and oxygen atoms in total. The number of unbranched alkanes of at least 4 members (excludes halogenated alkanes) is 1. The maximum atomic E-state index is 13.2. The number of nitrogens with one attached hydrogen (secondary N) is 1. The summed E-state index contributed by atoms with van der Waals surface area (Å²) in [5, 5.41) is 8.97. The Morgan fingerprint density at radius 2 is 1.97 bits per heavy atom. The van der Waals surface area contributed by atoms with E-state index >= 15 is 0 Å². The summed E-state index contributed by atoms with van der Waals surface area (Å²) in [4.78, 5) is 15.8. The van der Waals surface area contributed by atoms with E-state index in [1.165, 1.54) is 12.8 Å². The quantitative estimate of drug-likeness (QED) is 0.771. The van der Waals surface area contributed by atoms with Crippen molar-refractivity contribution in [2.75, 3.05) is 19.8 Å². The van der Waals surface area contributed by atoms with Crippen molar-refractivity contribution in [1.82, 2.24) is 20.0 Å². The van der Waals surface area contributed by atoms with Crippen LogP contribution in [0, 0.1) is 0 Å². The van der Waals surface area contributed by atoms with Gasteiger partial charge in [0.2, 0.25) is 0 Å². The summed E-state index contributed by atoms with van der Waals surface area (Å²) in [6.45, 7) is 9.22. The lowest BCUT2D eigenvalue weighted by molar-refractivity contribution is -0.0802. The Kier molecular flexibility index (Phi) is 6.20. The predicted molar refractivity (Wildman–Crippen MR) is 115 cm³/mol. The molecule has 4 rings (SSSR count). The number of para-hydroxylation sites is 1. The first kappa shape index (κ1) is 20.4. The van der Waals surface area contributed by atoms with E-state index in [2.05, 4.69) is 37.1 Å². The zero-order valence-electron chi connectivity index (χ0n) is 17.9. The molecule has 1 N–H and O–H groups in total. The van der Waals surface area contributed by atoms with Crippen LogP contribution in [0.25, 0.3) is 10.9 Å². The largest absolute Gasteiger partial charge is 0.378 e. The van der Waals surface area contributed by atoms with Crippen molar-refractivity contribution in [3.05, 3.63) is 30.0 Å². The molecule has 0 radical (unpaired) electrons. The van der Waals surface area contributed by atoms with Crippen molar-refractivity contribution in [2.24, 2.45) is 0 Å². The Hall–Kier alpha value is -1.92. The number of fused-ring (bicyclic) bond motifs is 3. The fourth-order valence-electron chi connectivity index (χ4n) is 4.83. The van der Waals surface area contributed by atoms with Crippen molar-refractivity contribution in [3.8, 4) is 0 Å². The number of piperidine rings is 1. The number of rotatable bonds is 7. The number of carbonyl (C=O) groups excluding carboxylic acids is 1. The molecule has 2 bridgehead atoms. The molecule has 3 heterocycles. The highest BCUT2D eigenvalue weighted by atomic mass is 16.5. The summed E-state index contributed by atoms with van der Waals surface area (Å²) in [5.41, 5.74) is 1.59. The molecule has 1 aromatic carbocycles. The van der Waals surface area contributed by atoms with Gasteiger partial charge in [-0.15, -0.1) is 0 Å². The standard InChI is InChI=1S/C23H34N4O2/c1-4-6-11-26-18-12-17(13-19(26)15-29-14-18)24-23(28)22-20-9-7-8-10-21(20)27(25-22)16(3)5-2/h7-10,16-19H,4-6,11-15H2,1-3H3,(H,24,28)/t16-,17?,18-,19+/m0/s1. The summed E-state index contributed by atoms with van der Waals surface area (Å²) < 4.78 is 7.81. The highest BCUT2D eigenvalue weighted by molar-refractivity contribution is 6.05. The van der Waals surface area contributed by atoms with Gasteiger partial charge in [-0.3, -0.25) is 14.4 Å². The van der Waals surface area contributed by atoms with Crippen LogP contribution in [0.5, 0.6) is 0 Å². The number of hydrogen-bond acceptors (Lipinski definition) is 4. The highest BCUT2D eigenvalue weighted by Gasteiger charge is 2.39. The van der Waals surface area contributed by atoms with Crippen molar-refractivity contribution in [2.45, 2.75) is 77.0 Å². The number of carbonyl (C=O) groups is 1. The first-order valence-corrected chi connectivity index (χ1v) is 11.2. The average Bonchev–Trinajstić information content (AvgIpc) is 3.11. The molecule has 2 aliphatic heterocycles. The zero-order chi connectivity index (χ0) is 20.4. The second-order valence-corrected chi connectivity index (χ2v) is 8.65. The van der Waals surface area contributed by atoms with Crippen LogP contribution in [-0.2, 0) is 4.74 Å². The Balaban J connectivity index is 1.50. The molecule has 158 valence electrons. The summed E-state index contributed by atoms with van der Waals surface area (Å²) >= 11 is 0. The van der Waals surface area contributed by atoms with Crippen LogP contribution in [0.1, 0.15) is 69.4 Å². The number of ether oxygens (including phenoxy) is 1. The SMILES string of the molecule is CCCCN1[C@@H]2COC[C@H]1CC(NC(=O)c1nn([C@@H](C)CC)c3ccccc13)C2. The molecular formula is C23H34N4O2. The maximum Gasteiger partial charge on any atom is 0.272 e. The second kappa shape index (κ2) is 8.84. The van der Waals surface area contributed by atoms with E-state index in [9.17, 15) is 4.79 Å². The summed E-state index contributed by atoms with van der Waals surface area (Å²) in [7, 11) is 0. The summed E-state index contributed by atoms with van der Waals surface area (Å²) in [6, 6.07) is 9.33. The van der Waals surface area contributed by atoms with E-state index in [0.29, 0.717) is 17.8 Å². The van der Waals surface area contributed by atoms with Gasteiger partial charge in [0.1, 0.15) is 0 Å². The molecule has 29 heavy (non-hydrogen) atoms. The smallest absolute Gasteiger partial charge is 0.272 e. The molecule has 4 atom stereocenters. The molecule has 0 saturated carbocycles. The van der Waals surface area contributed by atoms with E-state index < -0.39 is 0 Å². The first-order chi connectivity index (χ1) is 14.1. The van der Waals surface area contributed by atoms with Gasteiger partial charge in [0.15, 0.2) is 5.69 Å². The van der Waals surface area contributed by atoms with Crippen molar-refractivity contribution in [3.63, 3.8) is 0 Å². The van der Waals surface area contributed by atoms with Gasteiger partial charge in [-0.05, 0) is 45.2 Å². The van der Waals surface area contributed by atoms with Gasteiger partial charge in [0, 0.05) is 29.6 Å². The molecular weight excluding hydrogens is 364 g/mol. The van der Waals surface area contributed by atoms with Crippen LogP contribution in [-0.4, -0.2) is 58.5 Å². The topological polar surface area (TPSA) is 59.4 Å². The van der Waals surface area contributed by atoms with E-state index in [0.717, 1.165) is 49.9 Å². The Morgan fingerprint density at radius 1 is 1.24 bits per heavy atom. The minimum absolute atomic E-state index is 0.0470. The molecule has 2 saturated heterocycles. The van der Waals surface area contributed by atoms with Gasteiger partial charge in [-0.1, -0.05) is 38.5 Å². The molecule has 1 aromatic heterocycles. The van der Waals surface area contributed by atoms with Gasteiger partial charge in [-0.2, -0.15) is 5.10 Å². The number of hydrogen-bond donors (Lipinski definition) is 1. The highest BCUT2D eigenvalue weighted by Crippen LogP contribution is 2.29. The van der Waals surface area contributed by atoms with E-state index in [4.69, 9.17) is 9.84 Å². The number of nitrogens with zero attached hydrogens (tertiary/aromatic N) is 3. The lowest BCUT2D eigenvalue weighted by Crippen LogP contribution is -2.60. The van der Waals surface area contributed by atoms with Gasteiger partial charge in [-0.25, -0.2) is 0 Å². The zero-order valence-corrected chi connectivity index (χ0v) is 17.9. The average molecular weight is 399 g/mol. The first-order valence-electron chi connectivity index (χ1n) is 11.2. The number of aromatic nitrogens is 2. The van der Waals surface area contributed by atoms with Gasteiger partial charge < -0.3 is 10.1 Å². The minimum Gasteiger partial charge on any atom is -0.378 e. The number of amides is 1. The lowest BCUT2D eigenvalue weighted by atomic mass is 9.89. The molecule has 6 heteroatoms. The van der Waals surface area contributed by atoms with Crippen LogP contribution in [0.15, 0.2) is 24.3 Å². The second-order valence-electron chi connectivity index (χ2n) is 8.65. The minimum atomic E-state index is -0.0470. The number of morpholine rings is 1. The number of benzene rings is 1. The third-order valence-electron chi connectivity index (χ3n) is 6.61. The van der Waals surface area contributed by atoms with Gasteiger partial charge in [0.05, 0.1) is 18.7 Å². The fraction of sp³-hybridized carbons (Fsp3) is 0.652. The monoisotopic (exact) mass is 398 g/mol. The normalized spacial score (nSPS) is 25.8. The Morgan fingerprint density at radius 3 is 2.66 bits per heavy atom. The molecule has 1 amide bonds. The maximum absolute atomic E-state index is 13.2. The molecule has 0 aliphatic carbocycles. The van der Waals surface area contributed by atoms with Crippen LogP contribution >= 0.6 is 0 Å². The molecule has 2 aliphatic rings. The molecule has 1 unspecified atom stereocenters. The van der Waals surface area contributed by atoms with Crippen LogP contribution in [0.2, 0.25) is 0 Å². The van der Waals surface area contributed by atoms with Gasteiger partial charge in [0.25, 0.3) is 5.91 Å².